The lowest BCUT2D eigenvalue weighted by atomic mass is 10.0. The molecule has 0 aliphatic carbocycles. The molecule has 164 valence electrons. The van der Waals surface area contributed by atoms with Crippen molar-refractivity contribution in [3.05, 3.63) is 38.7 Å². The molecule has 4 heterocycles. The third-order valence-electron chi connectivity index (χ3n) is 4.63. The van der Waals surface area contributed by atoms with E-state index in [9.17, 15) is 19.5 Å². The van der Waals surface area contributed by atoms with E-state index >= 15 is 0 Å². The normalized spacial score (nSPS) is 20.4. The summed E-state index contributed by atoms with van der Waals surface area (Å²) in [5.41, 5.74) is 0.625. The molecule has 1 unspecified atom stereocenters. The summed E-state index contributed by atoms with van der Waals surface area (Å²) in [5.74, 6) is -0.997. The van der Waals surface area contributed by atoms with Crippen LogP contribution >= 0.6 is 46.2 Å². The van der Waals surface area contributed by atoms with E-state index in [1.165, 1.54) is 51.1 Å². The zero-order valence-electron chi connectivity index (χ0n) is 16.0. The first-order valence-corrected chi connectivity index (χ1v) is 13.0. The Morgan fingerprint density at radius 2 is 2.19 bits per heavy atom. The minimum atomic E-state index is -1.16. The van der Waals surface area contributed by atoms with E-state index in [2.05, 4.69) is 15.5 Å². The molecule has 13 heteroatoms. The number of fused-ring (bicyclic) bond motifs is 1. The lowest BCUT2D eigenvalue weighted by Gasteiger charge is -2.49. The maximum atomic E-state index is 12.7. The van der Waals surface area contributed by atoms with Gasteiger partial charge in [-0.1, -0.05) is 29.2 Å². The molecule has 3 N–H and O–H groups in total. The van der Waals surface area contributed by atoms with Crippen LogP contribution in [-0.4, -0.2) is 72.6 Å². The Balaban J connectivity index is 1.41. The third kappa shape index (κ3) is 4.80. The Hall–Kier alpha value is -1.93. The summed E-state index contributed by atoms with van der Waals surface area (Å²) in [6.45, 7) is -0.00620. The third-order valence-corrected chi connectivity index (χ3v) is 9.04. The zero-order chi connectivity index (χ0) is 22.0. The number of nitrogens with zero attached hydrogens (tertiary/aromatic N) is 3. The summed E-state index contributed by atoms with van der Waals surface area (Å²) >= 11 is 5.63. The van der Waals surface area contributed by atoms with Crippen LogP contribution in [-0.2, 0) is 27.2 Å². The van der Waals surface area contributed by atoms with E-state index in [0.717, 1.165) is 9.88 Å². The second-order valence-corrected chi connectivity index (χ2v) is 11.1. The maximum absolute atomic E-state index is 12.7. The van der Waals surface area contributed by atoms with E-state index in [-0.39, 0.29) is 24.6 Å². The number of carbonyl (C=O) groups excluding carboxylic acids is 2. The highest BCUT2D eigenvalue weighted by Crippen LogP contribution is 2.41. The van der Waals surface area contributed by atoms with Crippen LogP contribution in [0.1, 0.15) is 9.88 Å². The van der Waals surface area contributed by atoms with Crippen LogP contribution in [0.15, 0.2) is 33.1 Å². The second-order valence-electron chi connectivity index (χ2n) is 6.69. The largest absolute Gasteiger partial charge is 0.477 e. The van der Waals surface area contributed by atoms with Gasteiger partial charge >= 0.3 is 5.97 Å². The van der Waals surface area contributed by atoms with E-state index in [4.69, 9.17) is 5.11 Å². The summed E-state index contributed by atoms with van der Waals surface area (Å²) in [7, 11) is 0. The number of β-lactam (4-membered cyclic amide) rings is 1. The number of thiophene rings is 1. The van der Waals surface area contributed by atoms with Gasteiger partial charge in [0.2, 0.25) is 5.91 Å². The highest BCUT2D eigenvalue weighted by Gasteiger charge is 2.54. The molecule has 1 saturated heterocycles. The molecular weight excluding hydrogens is 480 g/mol. The number of carboxylic acid groups (broad SMARTS) is 1. The fourth-order valence-corrected chi connectivity index (χ4v) is 7.31. The van der Waals surface area contributed by atoms with E-state index in [0.29, 0.717) is 27.8 Å². The molecule has 2 amide bonds. The predicted octanol–water partition coefficient (Wildman–Crippen LogP) is 1.21. The molecule has 0 bridgehead atoms. The van der Waals surface area contributed by atoms with Crippen LogP contribution in [0.25, 0.3) is 0 Å². The maximum Gasteiger partial charge on any atom is 0.352 e. The SMILES string of the molecule is O=C(Cc1cccs1)NC1C(=O)N2C(C(=O)O)=C(CSc3nnc(CCO)s3)CS[C@@H]12. The smallest absolute Gasteiger partial charge is 0.352 e. The van der Waals surface area contributed by atoms with Crippen molar-refractivity contribution in [3.63, 3.8) is 0 Å². The molecule has 2 atom stereocenters. The van der Waals surface area contributed by atoms with Crippen molar-refractivity contribution in [2.75, 3.05) is 18.1 Å². The highest BCUT2D eigenvalue weighted by atomic mass is 32.2. The molecule has 31 heavy (non-hydrogen) atoms. The van der Waals surface area contributed by atoms with E-state index in [1.807, 2.05) is 17.5 Å². The topological polar surface area (TPSA) is 133 Å². The van der Waals surface area contributed by atoms with E-state index in [1.54, 1.807) is 0 Å². The van der Waals surface area contributed by atoms with Crippen molar-refractivity contribution in [2.24, 2.45) is 0 Å². The number of rotatable bonds is 9. The molecule has 4 rings (SSSR count). The van der Waals surface area contributed by atoms with Gasteiger partial charge in [-0.05, 0) is 17.0 Å². The van der Waals surface area contributed by atoms with Crippen LogP contribution < -0.4 is 5.32 Å². The highest BCUT2D eigenvalue weighted by molar-refractivity contribution is 8.01. The predicted molar refractivity (Wildman–Crippen MR) is 119 cm³/mol. The fraction of sp³-hybridized carbons (Fsp3) is 0.389. The summed E-state index contributed by atoms with van der Waals surface area (Å²) in [6, 6.07) is 3.00. The zero-order valence-corrected chi connectivity index (χ0v) is 19.3. The first-order valence-electron chi connectivity index (χ1n) is 9.25. The molecular formula is C18H18N4O5S4. The van der Waals surface area contributed by atoms with Crippen molar-refractivity contribution < 1.29 is 24.6 Å². The van der Waals surface area contributed by atoms with Gasteiger partial charge in [0.15, 0.2) is 4.34 Å². The van der Waals surface area contributed by atoms with Gasteiger partial charge in [0.05, 0.1) is 6.42 Å². The lowest BCUT2D eigenvalue weighted by Crippen LogP contribution is -2.70. The minimum absolute atomic E-state index is 0.00620. The number of carbonyl (C=O) groups is 3. The number of nitrogens with one attached hydrogen (secondary N) is 1. The Kier molecular flexibility index (Phi) is 6.96. The Morgan fingerprint density at radius 1 is 1.35 bits per heavy atom. The first-order chi connectivity index (χ1) is 15.0. The minimum Gasteiger partial charge on any atom is -0.477 e. The van der Waals surface area contributed by atoms with Gasteiger partial charge < -0.3 is 15.5 Å². The van der Waals surface area contributed by atoms with Crippen molar-refractivity contribution in [3.8, 4) is 0 Å². The van der Waals surface area contributed by atoms with Crippen molar-refractivity contribution in [1.82, 2.24) is 20.4 Å². The second kappa shape index (κ2) is 9.69. The summed E-state index contributed by atoms with van der Waals surface area (Å²) in [5, 5.41) is 31.7. The molecule has 2 aliphatic heterocycles. The lowest BCUT2D eigenvalue weighted by molar-refractivity contribution is -0.150. The molecule has 0 saturated carbocycles. The number of aromatic nitrogens is 2. The van der Waals surface area contributed by atoms with Crippen molar-refractivity contribution in [1.29, 1.82) is 0 Å². The van der Waals surface area contributed by atoms with Crippen LogP contribution in [0.4, 0.5) is 0 Å². The average molecular weight is 499 g/mol. The van der Waals surface area contributed by atoms with Crippen LogP contribution in [0, 0.1) is 0 Å². The number of amides is 2. The van der Waals surface area contributed by atoms with Gasteiger partial charge in [0.25, 0.3) is 5.91 Å². The number of carboxylic acids is 1. The summed E-state index contributed by atoms with van der Waals surface area (Å²) < 4.78 is 0.682. The molecule has 9 nitrogen and oxygen atoms in total. The molecule has 0 radical (unpaired) electrons. The van der Waals surface area contributed by atoms with Crippen LogP contribution in [0.3, 0.4) is 0 Å². The van der Waals surface area contributed by atoms with Gasteiger partial charge in [0.1, 0.15) is 22.1 Å². The van der Waals surface area contributed by atoms with Gasteiger partial charge in [-0.2, -0.15) is 0 Å². The van der Waals surface area contributed by atoms with Gasteiger partial charge in [-0.3, -0.25) is 14.5 Å². The molecule has 0 aromatic carbocycles. The molecule has 2 aromatic rings. The van der Waals surface area contributed by atoms with Gasteiger partial charge in [0, 0.05) is 29.4 Å². The number of aliphatic hydroxyl groups is 1. The number of aliphatic carboxylic acids is 1. The molecule has 2 aromatic heterocycles. The number of thioether (sulfide) groups is 2. The quantitative estimate of drug-likeness (QED) is 0.345. The fourth-order valence-electron chi connectivity index (χ4n) is 3.23. The van der Waals surface area contributed by atoms with Crippen LogP contribution in [0.5, 0.6) is 0 Å². The Labute approximate surface area is 193 Å². The van der Waals surface area contributed by atoms with Crippen molar-refractivity contribution >= 4 is 64.0 Å². The van der Waals surface area contributed by atoms with Crippen LogP contribution in [0.2, 0.25) is 0 Å². The molecule has 1 fully saturated rings. The van der Waals surface area contributed by atoms with Gasteiger partial charge in [-0.25, -0.2) is 4.79 Å². The summed E-state index contributed by atoms with van der Waals surface area (Å²) in [4.78, 5) is 39.1. The number of aliphatic hydroxyl groups excluding tert-OH is 1. The number of hydrogen-bond acceptors (Lipinski definition) is 10. The Morgan fingerprint density at radius 3 is 2.90 bits per heavy atom. The Bertz CT molecular complexity index is 1020. The summed E-state index contributed by atoms with van der Waals surface area (Å²) in [6.07, 6.45) is 0.628. The van der Waals surface area contributed by atoms with E-state index < -0.39 is 23.3 Å². The van der Waals surface area contributed by atoms with Gasteiger partial charge in [-0.15, -0.1) is 33.3 Å². The standard InChI is InChI=1S/C18H18N4O5S4/c23-4-3-12-20-21-18(31-12)30-8-9-7-29-16-13(15(25)22(16)14(9)17(26)27)19-11(24)6-10-2-1-5-28-10/h1-2,5,13,16,23H,3-4,6-8H2,(H,19,24)(H,26,27)/t13?,16-/m0/s1. The van der Waals surface area contributed by atoms with Crippen molar-refractivity contribution in [2.45, 2.75) is 28.6 Å². The molecule has 0 spiro atoms. The first kappa shape index (κ1) is 22.3. The average Bonchev–Trinajstić information content (AvgIpc) is 3.42. The number of hydrogen-bond donors (Lipinski definition) is 3. The molecule has 2 aliphatic rings. The monoisotopic (exact) mass is 498 g/mol.